The van der Waals surface area contributed by atoms with Crippen LogP contribution in [0.1, 0.15) is 47.9 Å². The second kappa shape index (κ2) is 10.4. The number of pyridine rings is 1. The molecule has 3 fully saturated rings. The highest BCUT2D eigenvalue weighted by molar-refractivity contribution is 6.30. The van der Waals surface area contributed by atoms with Crippen LogP contribution in [0.5, 0.6) is 0 Å². The lowest BCUT2D eigenvalue weighted by Gasteiger charge is -2.34. The predicted molar refractivity (Wildman–Crippen MR) is 157 cm³/mol. The number of aromatic nitrogens is 4. The summed E-state index contributed by atoms with van der Waals surface area (Å²) in [7, 11) is 2.18. The van der Waals surface area contributed by atoms with Gasteiger partial charge >= 0.3 is 0 Å². The Morgan fingerprint density at radius 2 is 1.85 bits per heavy atom. The third-order valence-electron chi connectivity index (χ3n) is 8.27. The van der Waals surface area contributed by atoms with Gasteiger partial charge in [0.15, 0.2) is 5.65 Å². The van der Waals surface area contributed by atoms with Crippen LogP contribution < -0.4 is 15.5 Å². The fourth-order valence-electron chi connectivity index (χ4n) is 5.67. The van der Waals surface area contributed by atoms with E-state index in [2.05, 4.69) is 60.3 Å². The maximum absolute atomic E-state index is 12.8. The number of hydrogen-bond donors (Lipinski definition) is 2. The summed E-state index contributed by atoms with van der Waals surface area (Å²) in [5.74, 6) is 1.90. The number of hydrogen-bond acceptors (Lipinski definition) is 7. The van der Waals surface area contributed by atoms with Crippen molar-refractivity contribution in [2.75, 3.05) is 48.8 Å². The molecular weight excluding hydrogens is 524 g/mol. The molecule has 2 atom stereocenters. The van der Waals surface area contributed by atoms with E-state index in [-0.39, 0.29) is 17.7 Å². The largest absolute Gasteiger partial charge is 0.366 e. The number of piperazine rings is 1. The average molecular weight is 557 g/mol. The molecule has 4 aromatic rings. The van der Waals surface area contributed by atoms with Gasteiger partial charge in [-0.15, -0.1) is 0 Å². The van der Waals surface area contributed by atoms with Crippen LogP contribution >= 0.6 is 11.6 Å². The predicted octanol–water partition coefficient (Wildman–Crippen LogP) is 4.76. The Labute approximate surface area is 238 Å². The van der Waals surface area contributed by atoms with Gasteiger partial charge in [-0.1, -0.05) is 23.7 Å². The van der Waals surface area contributed by atoms with Gasteiger partial charge in [0.25, 0.3) is 0 Å². The Bertz CT molecular complexity index is 1560. The van der Waals surface area contributed by atoms with Crippen molar-refractivity contribution in [2.45, 2.75) is 37.6 Å². The average Bonchev–Trinajstić information content (AvgIpc) is 3.88. The van der Waals surface area contributed by atoms with Crippen LogP contribution in [0.25, 0.3) is 5.65 Å². The lowest BCUT2D eigenvalue weighted by molar-refractivity contribution is -0.117. The van der Waals surface area contributed by atoms with Crippen LogP contribution in [0.15, 0.2) is 55.1 Å². The van der Waals surface area contributed by atoms with Gasteiger partial charge in [0.2, 0.25) is 5.91 Å². The molecule has 0 spiro atoms. The van der Waals surface area contributed by atoms with Crippen molar-refractivity contribution in [3.63, 3.8) is 0 Å². The molecule has 1 aromatic carbocycles. The number of anilines is 3. The van der Waals surface area contributed by atoms with Crippen molar-refractivity contribution in [1.29, 1.82) is 0 Å². The van der Waals surface area contributed by atoms with Crippen LogP contribution in [-0.2, 0) is 11.3 Å². The summed E-state index contributed by atoms with van der Waals surface area (Å²) in [5.41, 5.74) is 5.68. The van der Waals surface area contributed by atoms with Crippen molar-refractivity contribution in [3.8, 4) is 0 Å². The number of imidazole rings is 1. The first-order chi connectivity index (χ1) is 19.5. The number of nitrogens with one attached hydrogen (secondary N) is 2. The topological polar surface area (TPSA) is 90.7 Å². The Kier molecular flexibility index (Phi) is 6.56. The Morgan fingerprint density at radius 1 is 1.02 bits per heavy atom. The van der Waals surface area contributed by atoms with Gasteiger partial charge in [0, 0.05) is 55.6 Å². The molecule has 1 aliphatic heterocycles. The van der Waals surface area contributed by atoms with Crippen molar-refractivity contribution in [2.24, 2.45) is 5.92 Å². The number of rotatable bonds is 8. The van der Waals surface area contributed by atoms with E-state index in [0.717, 1.165) is 49.5 Å². The zero-order valence-corrected chi connectivity index (χ0v) is 23.3. The molecule has 40 heavy (non-hydrogen) atoms. The third kappa shape index (κ3) is 5.36. The highest BCUT2D eigenvalue weighted by Crippen LogP contribution is 2.48. The Morgan fingerprint density at radius 3 is 2.65 bits per heavy atom. The minimum absolute atomic E-state index is 0.0297. The molecular formula is C30H33ClN8O. The number of nitrogens with zero attached hydrogens (tertiary/aromatic N) is 6. The maximum atomic E-state index is 12.8. The van der Waals surface area contributed by atoms with Crippen LogP contribution in [0.3, 0.4) is 0 Å². The molecule has 206 valence electrons. The van der Waals surface area contributed by atoms with Gasteiger partial charge < -0.3 is 24.8 Å². The summed E-state index contributed by atoms with van der Waals surface area (Å²) in [6.45, 7) is 4.66. The zero-order valence-electron chi connectivity index (χ0n) is 22.6. The maximum Gasteiger partial charge on any atom is 0.229 e. The molecule has 7 rings (SSSR count). The monoisotopic (exact) mass is 556 g/mol. The summed E-state index contributed by atoms with van der Waals surface area (Å²) < 4.78 is 2.19. The standard InChI is InChI=1S/C30H33ClN8O/c1-37-7-9-38(10-8-37)26-12-21(19-5-6-19)16-39-17-23(35-29(26)39)15-32-27-14-28(34-18-33-27)36-30(40)25-13-24(25)20-3-2-4-22(31)11-20/h2-4,11-12,14,16-19,24-25H,5-10,13,15H2,1H3,(H2,32,33,34,36,40)/t24-,25+/m1/s1. The molecule has 1 saturated heterocycles. The molecule has 2 N–H and O–H groups in total. The van der Waals surface area contributed by atoms with E-state index < -0.39 is 0 Å². The van der Waals surface area contributed by atoms with E-state index in [1.165, 1.54) is 30.4 Å². The lowest BCUT2D eigenvalue weighted by Crippen LogP contribution is -2.44. The van der Waals surface area contributed by atoms with Crippen LogP contribution in [0.2, 0.25) is 5.02 Å². The number of carbonyl (C=O) groups is 1. The first-order valence-electron chi connectivity index (χ1n) is 14.1. The van der Waals surface area contributed by atoms with Crippen molar-refractivity contribution in [1.82, 2.24) is 24.3 Å². The van der Waals surface area contributed by atoms with E-state index in [4.69, 9.17) is 16.6 Å². The van der Waals surface area contributed by atoms with Crippen LogP contribution in [0, 0.1) is 5.92 Å². The number of likely N-dealkylation sites (N-methyl/N-ethyl adjacent to an activating group) is 1. The number of fused-ring (bicyclic) bond motifs is 1. The van der Waals surface area contributed by atoms with Crippen molar-refractivity contribution >= 4 is 40.5 Å². The number of halogens is 1. The summed E-state index contributed by atoms with van der Waals surface area (Å²) in [6, 6.07) is 11.9. The molecule has 4 heterocycles. The minimum atomic E-state index is -0.0714. The molecule has 0 radical (unpaired) electrons. The number of benzene rings is 1. The van der Waals surface area contributed by atoms with Crippen molar-refractivity contribution < 1.29 is 4.79 Å². The highest BCUT2D eigenvalue weighted by atomic mass is 35.5. The van der Waals surface area contributed by atoms with Gasteiger partial charge in [-0.25, -0.2) is 15.0 Å². The quantitative estimate of drug-likeness (QED) is 0.323. The molecule has 2 saturated carbocycles. The second-order valence-electron chi connectivity index (χ2n) is 11.3. The van der Waals surface area contributed by atoms with Gasteiger partial charge in [0.05, 0.1) is 17.9 Å². The molecule has 1 amide bonds. The summed E-state index contributed by atoms with van der Waals surface area (Å²) >= 11 is 6.12. The SMILES string of the molecule is CN1CCN(c2cc(C3CC3)cn3cc(CNc4cc(NC(=O)[C@H]5C[C@@H]5c5cccc(Cl)c5)ncn4)nc23)CC1. The van der Waals surface area contributed by atoms with Crippen molar-refractivity contribution in [3.05, 3.63) is 77.0 Å². The van der Waals surface area contributed by atoms with Crippen LogP contribution in [0.4, 0.5) is 17.3 Å². The molecule has 3 aliphatic rings. The first-order valence-corrected chi connectivity index (χ1v) is 14.5. The fourth-order valence-corrected chi connectivity index (χ4v) is 5.87. The lowest BCUT2D eigenvalue weighted by atomic mass is 10.1. The summed E-state index contributed by atoms with van der Waals surface area (Å²) in [5, 5.41) is 7.01. The second-order valence-corrected chi connectivity index (χ2v) is 11.8. The first kappa shape index (κ1) is 25.3. The molecule has 10 heteroatoms. The Hall–Kier alpha value is -3.69. The molecule has 0 bridgehead atoms. The minimum Gasteiger partial charge on any atom is -0.366 e. The summed E-state index contributed by atoms with van der Waals surface area (Å²) in [4.78, 5) is 31.3. The molecule has 0 unspecified atom stereocenters. The van der Waals surface area contributed by atoms with Gasteiger partial charge in [-0.05, 0) is 67.5 Å². The molecule has 9 nitrogen and oxygen atoms in total. The third-order valence-corrected chi connectivity index (χ3v) is 8.50. The van der Waals surface area contributed by atoms with E-state index in [9.17, 15) is 4.79 Å². The number of amides is 1. The van der Waals surface area contributed by atoms with E-state index in [1.807, 2.05) is 24.3 Å². The number of carbonyl (C=O) groups excluding carboxylic acids is 1. The zero-order chi connectivity index (χ0) is 27.2. The Balaban J connectivity index is 1.03. The van der Waals surface area contributed by atoms with E-state index >= 15 is 0 Å². The molecule has 3 aromatic heterocycles. The highest BCUT2D eigenvalue weighted by Gasteiger charge is 2.44. The van der Waals surface area contributed by atoms with Gasteiger partial charge in [-0.3, -0.25) is 4.79 Å². The van der Waals surface area contributed by atoms with Gasteiger partial charge in [-0.2, -0.15) is 0 Å². The van der Waals surface area contributed by atoms with Crippen LogP contribution in [-0.4, -0.2) is 63.4 Å². The fraction of sp³-hybridized carbons (Fsp3) is 0.400. The van der Waals surface area contributed by atoms with E-state index in [0.29, 0.717) is 29.1 Å². The summed E-state index contributed by atoms with van der Waals surface area (Å²) in [6.07, 6.45) is 9.18. The van der Waals surface area contributed by atoms with E-state index in [1.54, 1.807) is 6.07 Å². The molecule has 2 aliphatic carbocycles. The smallest absolute Gasteiger partial charge is 0.229 e. The normalized spacial score (nSPS) is 21.0. The van der Waals surface area contributed by atoms with Gasteiger partial charge in [0.1, 0.15) is 18.0 Å².